The number of amides is 1. The van der Waals surface area contributed by atoms with Gasteiger partial charge in [-0.1, -0.05) is 0 Å². The standard InChI is InChI=1S/C14H22N4O2/c1-3-18-8-12(6-15-18)7-17-5-4-14(11-17)10-16(2)13(19)9-20-14/h6,8H,3-5,7,9-11H2,1-2H3/t14-/m1/s1. The number of ether oxygens (including phenoxy) is 1. The molecule has 1 atom stereocenters. The maximum absolute atomic E-state index is 11.5. The Labute approximate surface area is 119 Å². The zero-order chi connectivity index (χ0) is 14.2. The second kappa shape index (κ2) is 5.18. The molecule has 0 unspecified atom stereocenters. The number of carbonyl (C=O) groups excluding carboxylic acids is 1. The predicted molar refractivity (Wildman–Crippen MR) is 74.1 cm³/mol. The summed E-state index contributed by atoms with van der Waals surface area (Å²) in [4.78, 5) is 15.7. The van der Waals surface area contributed by atoms with Crippen molar-refractivity contribution >= 4 is 5.91 Å². The van der Waals surface area contributed by atoms with Gasteiger partial charge in [0, 0.05) is 45.0 Å². The van der Waals surface area contributed by atoms with Crippen molar-refractivity contribution in [2.45, 2.75) is 32.0 Å². The fourth-order valence-electron chi connectivity index (χ4n) is 3.12. The van der Waals surface area contributed by atoms with Crippen LogP contribution in [0, 0.1) is 0 Å². The third-order valence-corrected chi connectivity index (χ3v) is 4.27. The van der Waals surface area contributed by atoms with Crippen molar-refractivity contribution in [1.82, 2.24) is 19.6 Å². The van der Waals surface area contributed by atoms with Gasteiger partial charge in [-0.2, -0.15) is 5.10 Å². The van der Waals surface area contributed by atoms with E-state index in [-0.39, 0.29) is 18.1 Å². The van der Waals surface area contributed by atoms with E-state index in [1.807, 2.05) is 17.9 Å². The van der Waals surface area contributed by atoms with E-state index in [1.54, 1.807) is 4.90 Å². The highest BCUT2D eigenvalue weighted by Crippen LogP contribution is 2.29. The Morgan fingerprint density at radius 3 is 3.00 bits per heavy atom. The van der Waals surface area contributed by atoms with E-state index < -0.39 is 0 Å². The molecule has 2 saturated heterocycles. The van der Waals surface area contributed by atoms with E-state index in [2.05, 4.69) is 23.1 Å². The molecule has 1 aromatic heterocycles. The molecule has 20 heavy (non-hydrogen) atoms. The minimum absolute atomic E-state index is 0.0818. The molecule has 6 nitrogen and oxygen atoms in total. The van der Waals surface area contributed by atoms with Gasteiger partial charge < -0.3 is 9.64 Å². The average molecular weight is 278 g/mol. The summed E-state index contributed by atoms with van der Waals surface area (Å²) in [7, 11) is 1.86. The molecular formula is C14H22N4O2. The van der Waals surface area contributed by atoms with Gasteiger partial charge in [0.1, 0.15) is 12.2 Å². The number of likely N-dealkylation sites (tertiary alicyclic amines) is 1. The lowest BCUT2D eigenvalue weighted by molar-refractivity contribution is -0.159. The van der Waals surface area contributed by atoms with Gasteiger partial charge in [0.15, 0.2) is 0 Å². The summed E-state index contributed by atoms with van der Waals surface area (Å²) in [6.45, 7) is 6.73. The summed E-state index contributed by atoms with van der Waals surface area (Å²) >= 11 is 0. The quantitative estimate of drug-likeness (QED) is 0.800. The number of carbonyl (C=O) groups is 1. The fraction of sp³-hybridized carbons (Fsp3) is 0.714. The van der Waals surface area contributed by atoms with Crippen LogP contribution < -0.4 is 0 Å². The van der Waals surface area contributed by atoms with Crippen molar-refractivity contribution in [2.75, 3.05) is 33.3 Å². The first kappa shape index (κ1) is 13.6. The molecule has 0 aliphatic carbocycles. The zero-order valence-electron chi connectivity index (χ0n) is 12.2. The summed E-state index contributed by atoms with van der Waals surface area (Å²) < 4.78 is 7.80. The highest BCUT2D eigenvalue weighted by Gasteiger charge is 2.43. The van der Waals surface area contributed by atoms with Crippen LogP contribution in [-0.4, -0.2) is 64.4 Å². The maximum Gasteiger partial charge on any atom is 0.248 e. The van der Waals surface area contributed by atoms with Crippen LogP contribution in [0.1, 0.15) is 18.9 Å². The van der Waals surface area contributed by atoms with Crippen LogP contribution in [-0.2, 0) is 22.6 Å². The molecule has 0 aromatic carbocycles. The van der Waals surface area contributed by atoms with Gasteiger partial charge in [0.2, 0.25) is 5.91 Å². The maximum atomic E-state index is 11.5. The predicted octanol–water partition coefficient (Wildman–Crippen LogP) is 0.336. The van der Waals surface area contributed by atoms with Crippen LogP contribution >= 0.6 is 0 Å². The van der Waals surface area contributed by atoms with Crippen LogP contribution in [0.4, 0.5) is 0 Å². The Balaban J connectivity index is 1.60. The Hall–Kier alpha value is -1.40. The average Bonchev–Trinajstić information content (AvgIpc) is 3.03. The first-order chi connectivity index (χ1) is 9.60. The number of likely N-dealkylation sites (N-methyl/N-ethyl adjacent to an activating group) is 1. The highest BCUT2D eigenvalue weighted by molar-refractivity contribution is 5.78. The van der Waals surface area contributed by atoms with Crippen molar-refractivity contribution in [1.29, 1.82) is 0 Å². The smallest absolute Gasteiger partial charge is 0.248 e. The number of morpholine rings is 1. The summed E-state index contributed by atoms with van der Waals surface area (Å²) in [6, 6.07) is 0. The first-order valence-corrected chi connectivity index (χ1v) is 7.22. The second-order valence-electron chi connectivity index (χ2n) is 5.89. The van der Waals surface area contributed by atoms with Crippen molar-refractivity contribution in [3.05, 3.63) is 18.0 Å². The van der Waals surface area contributed by atoms with E-state index >= 15 is 0 Å². The minimum Gasteiger partial charge on any atom is -0.362 e. The number of hydrogen-bond donors (Lipinski definition) is 0. The van der Waals surface area contributed by atoms with Gasteiger partial charge in [-0.3, -0.25) is 14.4 Å². The Morgan fingerprint density at radius 2 is 2.30 bits per heavy atom. The van der Waals surface area contributed by atoms with Crippen molar-refractivity contribution < 1.29 is 9.53 Å². The molecule has 3 rings (SSSR count). The van der Waals surface area contributed by atoms with Gasteiger partial charge in [-0.05, 0) is 13.3 Å². The van der Waals surface area contributed by atoms with Gasteiger partial charge in [0.05, 0.1) is 12.7 Å². The molecule has 1 aromatic rings. The Bertz CT molecular complexity index is 501. The van der Waals surface area contributed by atoms with E-state index in [4.69, 9.17) is 4.74 Å². The highest BCUT2D eigenvalue weighted by atomic mass is 16.5. The fourth-order valence-corrected chi connectivity index (χ4v) is 3.12. The lowest BCUT2D eigenvalue weighted by Crippen LogP contribution is -2.54. The van der Waals surface area contributed by atoms with Crippen LogP contribution in [0.15, 0.2) is 12.4 Å². The Kier molecular flexibility index (Phi) is 3.52. The van der Waals surface area contributed by atoms with Crippen molar-refractivity contribution in [3.63, 3.8) is 0 Å². The molecule has 2 aliphatic rings. The number of nitrogens with zero attached hydrogens (tertiary/aromatic N) is 4. The third-order valence-electron chi connectivity index (χ3n) is 4.27. The first-order valence-electron chi connectivity index (χ1n) is 7.22. The summed E-state index contributed by atoms with van der Waals surface area (Å²) in [5, 5.41) is 4.31. The molecule has 110 valence electrons. The molecule has 0 saturated carbocycles. The van der Waals surface area contributed by atoms with Crippen molar-refractivity contribution in [2.24, 2.45) is 0 Å². The van der Waals surface area contributed by atoms with Crippen LogP contribution in [0.25, 0.3) is 0 Å². The van der Waals surface area contributed by atoms with Gasteiger partial charge in [-0.15, -0.1) is 0 Å². The number of aryl methyl sites for hydroxylation is 1. The summed E-state index contributed by atoms with van der Waals surface area (Å²) in [6.07, 6.45) is 5.03. The van der Waals surface area contributed by atoms with Gasteiger partial charge in [0.25, 0.3) is 0 Å². The lowest BCUT2D eigenvalue weighted by atomic mass is 10.0. The summed E-state index contributed by atoms with van der Waals surface area (Å²) in [5.74, 6) is 0.0818. The monoisotopic (exact) mass is 278 g/mol. The van der Waals surface area contributed by atoms with E-state index in [1.165, 1.54) is 5.56 Å². The van der Waals surface area contributed by atoms with Crippen molar-refractivity contribution in [3.8, 4) is 0 Å². The molecule has 1 amide bonds. The largest absolute Gasteiger partial charge is 0.362 e. The Morgan fingerprint density at radius 1 is 1.45 bits per heavy atom. The normalized spacial score (nSPS) is 27.7. The van der Waals surface area contributed by atoms with Gasteiger partial charge >= 0.3 is 0 Å². The van der Waals surface area contributed by atoms with E-state index in [0.29, 0.717) is 6.54 Å². The third kappa shape index (κ3) is 2.58. The van der Waals surface area contributed by atoms with Crippen LogP contribution in [0.2, 0.25) is 0 Å². The van der Waals surface area contributed by atoms with Crippen LogP contribution in [0.5, 0.6) is 0 Å². The van der Waals surface area contributed by atoms with E-state index in [0.717, 1.165) is 32.6 Å². The second-order valence-corrected chi connectivity index (χ2v) is 5.89. The molecule has 0 radical (unpaired) electrons. The minimum atomic E-state index is -0.163. The van der Waals surface area contributed by atoms with Crippen LogP contribution in [0.3, 0.4) is 0 Å². The lowest BCUT2D eigenvalue weighted by Gasteiger charge is -2.38. The SMILES string of the molecule is CCn1cc(CN2CC[C@]3(C2)CN(C)C(=O)CO3)cn1. The number of hydrogen-bond acceptors (Lipinski definition) is 4. The number of aromatic nitrogens is 2. The van der Waals surface area contributed by atoms with Gasteiger partial charge in [-0.25, -0.2) is 0 Å². The van der Waals surface area contributed by atoms with E-state index in [9.17, 15) is 4.79 Å². The molecule has 1 spiro atoms. The molecule has 3 heterocycles. The summed E-state index contributed by atoms with van der Waals surface area (Å²) in [5.41, 5.74) is 1.08. The zero-order valence-corrected chi connectivity index (χ0v) is 12.2. The molecule has 2 aliphatic heterocycles. The topological polar surface area (TPSA) is 50.6 Å². The molecule has 2 fully saturated rings. The molecule has 6 heteroatoms. The number of rotatable bonds is 3. The molecule has 0 N–H and O–H groups in total. The molecular weight excluding hydrogens is 256 g/mol. The molecule has 0 bridgehead atoms.